The standard InChI is InChI=1S/C20H18F2N6O5S/c1-3-34(32,33)18-15(17-24-10-6-13(29)14(30)7-12(10)26(17)2)16-23-5-4-11(28(16)25-18)19(31)27-8-20(21,22)9-27/h4-7,29-30H,3,8-9H2,1-2H3. The normalized spacial score (nSPS) is 15.7. The average molecular weight is 492 g/mol. The zero-order valence-corrected chi connectivity index (χ0v) is 18.7. The van der Waals surface area contributed by atoms with Crippen molar-refractivity contribution in [1.82, 2.24) is 29.0 Å². The third-order valence-corrected chi connectivity index (χ3v) is 7.35. The number of aromatic nitrogens is 5. The van der Waals surface area contributed by atoms with Crippen LogP contribution in [0.4, 0.5) is 8.78 Å². The summed E-state index contributed by atoms with van der Waals surface area (Å²) in [5, 5.41) is 23.5. The maximum absolute atomic E-state index is 13.3. The number of phenolic OH excluding ortho intramolecular Hbond substituents is 2. The van der Waals surface area contributed by atoms with E-state index in [1.807, 2.05) is 0 Å². The maximum Gasteiger partial charge on any atom is 0.282 e. The predicted molar refractivity (Wildman–Crippen MR) is 115 cm³/mol. The first-order valence-electron chi connectivity index (χ1n) is 10.1. The molecule has 3 aromatic heterocycles. The number of nitrogens with zero attached hydrogens (tertiary/aromatic N) is 6. The van der Waals surface area contributed by atoms with E-state index in [1.165, 1.54) is 35.9 Å². The molecule has 34 heavy (non-hydrogen) atoms. The van der Waals surface area contributed by atoms with Gasteiger partial charge >= 0.3 is 0 Å². The third-order valence-electron chi connectivity index (χ3n) is 5.71. The van der Waals surface area contributed by atoms with Crippen molar-refractivity contribution in [1.29, 1.82) is 0 Å². The van der Waals surface area contributed by atoms with Gasteiger partial charge in [0, 0.05) is 25.4 Å². The van der Waals surface area contributed by atoms with E-state index in [1.54, 1.807) is 7.05 Å². The Hall–Kier alpha value is -3.81. The summed E-state index contributed by atoms with van der Waals surface area (Å²) in [4.78, 5) is 22.4. The summed E-state index contributed by atoms with van der Waals surface area (Å²) in [5.41, 5.74) is 0.509. The van der Waals surface area contributed by atoms with Gasteiger partial charge in [-0.1, -0.05) is 6.92 Å². The van der Waals surface area contributed by atoms with Crippen LogP contribution in [0, 0.1) is 0 Å². The van der Waals surface area contributed by atoms with Crippen LogP contribution in [0.5, 0.6) is 11.5 Å². The molecule has 0 saturated carbocycles. The summed E-state index contributed by atoms with van der Waals surface area (Å²) in [6.07, 6.45) is 1.26. The van der Waals surface area contributed by atoms with Gasteiger partial charge in [0.1, 0.15) is 17.1 Å². The number of imidazole rings is 1. The average Bonchev–Trinajstić information content (AvgIpc) is 3.30. The van der Waals surface area contributed by atoms with E-state index in [0.29, 0.717) is 5.52 Å². The number of benzene rings is 1. The molecule has 1 amide bonds. The smallest absolute Gasteiger partial charge is 0.282 e. The number of aryl methyl sites for hydroxylation is 1. The van der Waals surface area contributed by atoms with Gasteiger partial charge in [-0.05, 0) is 6.07 Å². The molecule has 14 heteroatoms. The lowest BCUT2D eigenvalue weighted by atomic mass is 10.1. The summed E-state index contributed by atoms with van der Waals surface area (Å²) in [7, 11) is -2.38. The first-order chi connectivity index (χ1) is 15.9. The van der Waals surface area contributed by atoms with Crippen molar-refractivity contribution in [3.8, 4) is 22.9 Å². The minimum atomic E-state index is -3.95. The molecule has 0 bridgehead atoms. The first kappa shape index (κ1) is 22.0. The lowest BCUT2D eigenvalue weighted by Crippen LogP contribution is -2.58. The number of likely N-dealkylation sites (tertiary alicyclic amines) is 1. The molecule has 1 saturated heterocycles. The Morgan fingerprint density at radius 2 is 1.88 bits per heavy atom. The minimum Gasteiger partial charge on any atom is -0.504 e. The molecular weight excluding hydrogens is 474 g/mol. The molecule has 4 aromatic rings. The molecule has 0 aliphatic carbocycles. The summed E-state index contributed by atoms with van der Waals surface area (Å²) in [6, 6.07) is 3.77. The highest BCUT2D eigenvalue weighted by molar-refractivity contribution is 7.91. The topological polar surface area (TPSA) is 143 Å². The van der Waals surface area contributed by atoms with E-state index >= 15 is 0 Å². The van der Waals surface area contributed by atoms with Gasteiger partial charge in [0.2, 0.25) is 0 Å². The molecule has 1 fully saturated rings. The van der Waals surface area contributed by atoms with E-state index in [4.69, 9.17) is 0 Å². The van der Waals surface area contributed by atoms with Gasteiger partial charge < -0.3 is 19.7 Å². The number of amides is 1. The van der Waals surface area contributed by atoms with Gasteiger partial charge in [-0.3, -0.25) is 4.79 Å². The van der Waals surface area contributed by atoms with E-state index < -0.39 is 40.5 Å². The van der Waals surface area contributed by atoms with Crippen LogP contribution in [0.25, 0.3) is 28.1 Å². The predicted octanol–water partition coefficient (Wildman–Crippen LogP) is 1.58. The quantitative estimate of drug-likeness (QED) is 0.409. The van der Waals surface area contributed by atoms with Gasteiger partial charge in [0.25, 0.3) is 11.8 Å². The van der Waals surface area contributed by atoms with Gasteiger partial charge in [-0.2, -0.15) is 5.10 Å². The number of halogens is 2. The zero-order valence-electron chi connectivity index (χ0n) is 17.9. The number of sulfone groups is 1. The van der Waals surface area contributed by atoms with Crippen LogP contribution >= 0.6 is 0 Å². The fourth-order valence-electron chi connectivity index (χ4n) is 3.90. The number of hydrogen-bond donors (Lipinski definition) is 2. The molecule has 0 radical (unpaired) electrons. The molecule has 178 valence electrons. The molecule has 0 atom stereocenters. The van der Waals surface area contributed by atoms with Gasteiger partial charge in [-0.25, -0.2) is 31.7 Å². The fourth-order valence-corrected chi connectivity index (χ4v) is 4.87. The second-order valence-electron chi connectivity index (χ2n) is 7.99. The van der Waals surface area contributed by atoms with Crippen molar-refractivity contribution >= 4 is 32.4 Å². The highest BCUT2D eigenvalue weighted by atomic mass is 32.2. The van der Waals surface area contributed by atoms with Crippen molar-refractivity contribution in [2.75, 3.05) is 18.8 Å². The van der Waals surface area contributed by atoms with Gasteiger partial charge in [-0.15, -0.1) is 0 Å². The Bertz CT molecular complexity index is 1600. The van der Waals surface area contributed by atoms with Crippen molar-refractivity contribution < 1.29 is 32.2 Å². The Morgan fingerprint density at radius 1 is 1.21 bits per heavy atom. The fraction of sp³-hybridized carbons (Fsp3) is 0.300. The molecule has 1 aromatic carbocycles. The Labute approximate surface area is 190 Å². The molecule has 0 unspecified atom stereocenters. The lowest BCUT2D eigenvalue weighted by molar-refractivity contribution is -0.113. The minimum absolute atomic E-state index is 0.00289. The van der Waals surface area contributed by atoms with E-state index in [9.17, 15) is 32.2 Å². The number of alkyl halides is 2. The number of rotatable bonds is 4. The second-order valence-corrected chi connectivity index (χ2v) is 10.2. The lowest BCUT2D eigenvalue weighted by Gasteiger charge is -2.38. The van der Waals surface area contributed by atoms with Crippen LogP contribution in [0.2, 0.25) is 0 Å². The highest BCUT2D eigenvalue weighted by Gasteiger charge is 2.47. The monoisotopic (exact) mass is 492 g/mol. The molecule has 2 N–H and O–H groups in total. The molecule has 5 rings (SSSR count). The molecule has 1 aliphatic heterocycles. The summed E-state index contributed by atoms with van der Waals surface area (Å²) in [5.74, 6) is -4.71. The number of hydrogen-bond acceptors (Lipinski definition) is 8. The van der Waals surface area contributed by atoms with Crippen LogP contribution in [0.15, 0.2) is 29.4 Å². The molecule has 1 aliphatic rings. The molecular formula is C20H18F2N6O5S. The summed E-state index contributed by atoms with van der Waals surface area (Å²) >= 11 is 0. The van der Waals surface area contributed by atoms with Crippen molar-refractivity contribution in [2.24, 2.45) is 7.05 Å². The van der Waals surface area contributed by atoms with Crippen LogP contribution in [0.1, 0.15) is 17.4 Å². The number of phenols is 2. The molecule has 11 nitrogen and oxygen atoms in total. The zero-order chi connectivity index (χ0) is 24.6. The van der Waals surface area contributed by atoms with E-state index in [-0.39, 0.29) is 44.8 Å². The Morgan fingerprint density at radius 3 is 2.53 bits per heavy atom. The highest BCUT2D eigenvalue weighted by Crippen LogP contribution is 2.36. The first-order valence-corrected chi connectivity index (χ1v) is 11.7. The van der Waals surface area contributed by atoms with Crippen molar-refractivity contribution in [3.63, 3.8) is 0 Å². The SMILES string of the molecule is CCS(=O)(=O)c1nn2c(C(=O)N3CC(F)(F)C3)ccnc2c1-c1nc2cc(O)c(O)cc2n1C. The molecule has 0 spiro atoms. The largest absolute Gasteiger partial charge is 0.504 e. The number of carbonyl (C=O) groups is 1. The number of carbonyl (C=O) groups excluding carboxylic acids is 1. The summed E-state index contributed by atoms with van der Waals surface area (Å²) < 4.78 is 55.1. The van der Waals surface area contributed by atoms with Gasteiger partial charge in [0.05, 0.1) is 29.9 Å². The van der Waals surface area contributed by atoms with Crippen LogP contribution < -0.4 is 0 Å². The molecule has 4 heterocycles. The van der Waals surface area contributed by atoms with E-state index in [2.05, 4.69) is 15.1 Å². The third kappa shape index (κ3) is 3.16. The van der Waals surface area contributed by atoms with Gasteiger partial charge in [0.15, 0.2) is 32.0 Å². The Kier molecular flexibility index (Phi) is 4.59. The van der Waals surface area contributed by atoms with Crippen LogP contribution in [-0.2, 0) is 16.9 Å². The second kappa shape index (κ2) is 7.09. The maximum atomic E-state index is 13.3. The van der Waals surface area contributed by atoms with Crippen LogP contribution in [-0.4, -0.2) is 78.4 Å². The van der Waals surface area contributed by atoms with Crippen molar-refractivity contribution in [3.05, 3.63) is 30.1 Å². The van der Waals surface area contributed by atoms with Crippen LogP contribution in [0.3, 0.4) is 0 Å². The number of fused-ring (bicyclic) bond motifs is 2. The van der Waals surface area contributed by atoms with E-state index in [0.717, 1.165) is 9.42 Å². The van der Waals surface area contributed by atoms with Crippen molar-refractivity contribution in [2.45, 2.75) is 17.9 Å². The summed E-state index contributed by atoms with van der Waals surface area (Å²) in [6.45, 7) is -0.0704. The Balaban J connectivity index is 1.78. The number of aromatic hydroxyl groups is 2.